The average molecular weight is 169 g/mol. The summed E-state index contributed by atoms with van der Waals surface area (Å²) in [5.74, 6) is -0.278. The summed E-state index contributed by atoms with van der Waals surface area (Å²) in [6.07, 6.45) is 2.30. The Hall–Kier alpha value is -0.990. The molecule has 0 aromatic rings. The first-order valence-electron chi connectivity index (χ1n) is 4.36. The lowest BCUT2D eigenvalue weighted by atomic mass is 10.4. The van der Waals surface area contributed by atoms with Crippen molar-refractivity contribution >= 4 is 5.97 Å². The number of ether oxygens (including phenoxy) is 1. The van der Waals surface area contributed by atoms with Gasteiger partial charge in [-0.25, -0.2) is 4.79 Å². The molecule has 3 nitrogen and oxygen atoms in total. The third kappa shape index (κ3) is 2.00. The molecular weight excluding hydrogens is 154 g/mol. The number of hydrogen-bond donors (Lipinski definition) is 0. The summed E-state index contributed by atoms with van der Waals surface area (Å²) >= 11 is 0. The van der Waals surface area contributed by atoms with Crippen molar-refractivity contribution in [3.63, 3.8) is 0 Å². The molecule has 12 heavy (non-hydrogen) atoms. The van der Waals surface area contributed by atoms with E-state index in [0.29, 0.717) is 12.3 Å². The highest BCUT2D eigenvalue weighted by Gasteiger charge is 2.19. The lowest BCUT2D eigenvalue weighted by Crippen LogP contribution is -2.25. The molecule has 68 valence electrons. The lowest BCUT2D eigenvalue weighted by Gasteiger charge is -2.17. The first-order chi connectivity index (χ1) is 5.75. The molecule has 0 aromatic carbocycles. The number of esters is 1. The summed E-state index contributed by atoms with van der Waals surface area (Å²) in [5.41, 5.74) is 0.509. The molecule has 1 aliphatic rings. The highest BCUT2D eigenvalue weighted by atomic mass is 16.5. The van der Waals surface area contributed by atoms with E-state index >= 15 is 0 Å². The van der Waals surface area contributed by atoms with Crippen LogP contribution in [-0.2, 0) is 9.53 Å². The first kappa shape index (κ1) is 9.10. The van der Waals surface area contributed by atoms with Crippen LogP contribution in [0, 0.1) is 0 Å². The van der Waals surface area contributed by atoms with Crippen molar-refractivity contribution < 1.29 is 9.53 Å². The summed E-state index contributed by atoms with van der Waals surface area (Å²) in [4.78, 5) is 13.2. The van der Waals surface area contributed by atoms with Crippen LogP contribution in [0.15, 0.2) is 12.3 Å². The maximum Gasteiger partial charge on any atom is 0.353 e. The van der Waals surface area contributed by atoms with E-state index in [4.69, 9.17) is 4.74 Å². The van der Waals surface area contributed by atoms with E-state index in [-0.39, 0.29) is 5.97 Å². The van der Waals surface area contributed by atoms with Gasteiger partial charge in [-0.15, -0.1) is 0 Å². The Morgan fingerprint density at radius 3 is 2.58 bits per heavy atom. The van der Waals surface area contributed by atoms with Crippen LogP contribution in [0.4, 0.5) is 0 Å². The largest absolute Gasteiger partial charge is 0.461 e. The standard InChI is InChI=1S/C9H15NO2/c1-3-12-9(11)8(2)10-6-4-5-7-10/h2-7H2,1H3. The molecule has 0 saturated carbocycles. The molecule has 0 N–H and O–H groups in total. The Kier molecular flexibility index (Phi) is 3.14. The minimum atomic E-state index is -0.278. The Morgan fingerprint density at radius 2 is 2.08 bits per heavy atom. The third-order valence-electron chi connectivity index (χ3n) is 2.00. The predicted octanol–water partition coefficient (Wildman–Crippen LogP) is 1.16. The van der Waals surface area contributed by atoms with Gasteiger partial charge in [0.2, 0.25) is 0 Å². The summed E-state index contributed by atoms with van der Waals surface area (Å²) in [6, 6.07) is 0. The van der Waals surface area contributed by atoms with Crippen LogP contribution >= 0.6 is 0 Å². The van der Waals surface area contributed by atoms with Gasteiger partial charge in [0.25, 0.3) is 0 Å². The van der Waals surface area contributed by atoms with Gasteiger partial charge in [-0.1, -0.05) is 6.58 Å². The molecule has 0 aliphatic carbocycles. The van der Waals surface area contributed by atoms with Gasteiger partial charge in [0.15, 0.2) is 0 Å². The van der Waals surface area contributed by atoms with Gasteiger partial charge < -0.3 is 9.64 Å². The van der Waals surface area contributed by atoms with E-state index in [1.165, 1.54) is 0 Å². The molecule has 0 aromatic heterocycles. The van der Waals surface area contributed by atoms with Gasteiger partial charge >= 0.3 is 5.97 Å². The number of rotatable bonds is 3. The summed E-state index contributed by atoms with van der Waals surface area (Å²) in [5, 5.41) is 0. The fourth-order valence-corrected chi connectivity index (χ4v) is 1.33. The lowest BCUT2D eigenvalue weighted by molar-refractivity contribution is -0.140. The van der Waals surface area contributed by atoms with Crippen LogP contribution in [0.3, 0.4) is 0 Å². The molecule has 1 heterocycles. The summed E-state index contributed by atoms with van der Waals surface area (Å²) in [7, 11) is 0. The molecule has 1 aliphatic heterocycles. The van der Waals surface area contributed by atoms with Crippen LogP contribution in [0.2, 0.25) is 0 Å². The maximum atomic E-state index is 11.2. The normalized spacial score (nSPS) is 16.2. The fourth-order valence-electron chi connectivity index (χ4n) is 1.33. The molecule has 1 saturated heterocycles. The smallest absolute Gasteiger partial charge is 0.353 e. The third-order valence-corrected chi connectivity index (χ3v) is 2.00. The summed E-state index contributed by atoms with van der Waals surface area (Å²) in [6.45, 7) is 7.81. The van der Waals surface area contributed by atoms with Crippen molar-refractivity contribution in [1.29, 1.82) is 0 Å². The van der Waals surface area contributed by atoms with Crippen molar-refractivity contribution in [2.75, 3.05) is 19.7 Å². The Labute approximate surface area is 73.0 Å². The topological polar surface area (TPSA) is 29.5 Å². The molecule has 0 radical (unpaired) electrons. The molecular formula is C9H15NO2. The van der Waals surface area contributed by atoms with Crippen LogP contribution < -0.4 is 0 Å². The first-order valence-corrected chi connectivity index (χ1v) is 4.36. The summed E-state index contributed by atoms with van der Waals surface area (Å²) < 4.78 is 4.84. The van der Waals surface area contributed by atoms with Gasteiger partial charge in [0.1, 0.15) is 5.70 Å². The zero-order valence-corrected chi connectivity index (χ0v) is 7.51. The van der Waals surface area contributed by atoms with Crippen LogP contribution in [0.5, 0.6) is 0 Å². The molecule has 1 rings (SSSR count). The van der Waals surface area contributed by atoms with E-state index in [0.717, 1.165) is 25.9 Å². The number of nitrogens with zero attached hydrogens (tertiary/aromatic N) is 1. The number of carbonyl (C=O) groups excluding carboxylic acids is 1. The molecule has 0 atom stereocenters. The van der Waals surface area contributed by atoms with Crippen molar-refractivity contribution in [2.24, 2.45) is 0 Å². The van der Waals surface area contributed by atoms with E-state index in [1.54, 1.807) is 6.92 Å². The molecule has 3 heteroatoms. The minimum absolute atomic E-state index is 0.278. The number of hydrogen-bond acceptors (Lipinski definition) is 3. The van der Waals surface area contributed by atoms with Crippen molar-refractivity contribution in [2.45, 2.75) is 19.8 Å². The van der Waals surface area contributed by atoms with Crippen LogP contribution in [0.1, 0.15) is 19.8 Å². The zero-order valence-electron chi connectivity index (χ0n) is 7.51. The quantitative estimate of drug-likeness (QED) is 0.469. The molecule has 0 amide bonds. The Balaban J connectivity index is 2.40. The highest BCUT2D eigenvalue weighted by Crippen LogP contribution is 2.13. The van der Waals surface area contributed by atoms with Crippen molar-refractivity contribution in [1.82, 2.24) is 4.90 Å². The molecule has 1 fully saturated rings. The van der Waals surface area contributed by atoms with Crippen molar-refractivity contribution in [3.8, 4) is 0 Å². The van der Waals surface area contributed by atoms with Gasteiger partial charge in [-0.05, 0) is 19.8 Å². The average Bonchev–Trinajstić information content (AvgIpc) is 2.55. The van der Waals surface area contributed by atoms with Gasteiger partial charge in [-0.2, -0.15) is 0 Å². The number of likely N-dealkylation sites (tertiary alicyclic amines) is 1. The van der Waals surface area contributed by atoms with Crippen LogP contribution in [-0.4, -0.2) is 30.6 Å². The Morgan fingerprint density at radius 1 is 1.50 bits per heavy atom. The van der Waals surface area contributed by atoms with Crippen LogP contribution in [0.25, 0.3) is 0 Å². The van der Waals surface area contributed by atoms with Gasteiger partial charge in [0.05, 0.1) is 6.61 Å². The fraction of sp³-hybridized carbons (Fsp3) is 0.667. The molecule has 0 bridgehead atoms. The minimum Gasteiger partial charge on any atom is -0.461 e. The maximum absolute atomic E-state index is 11.2. The van der Waals surface area contributed by atoms with E-state index < -0.39 is 0 Å². The highest BCUT2D eigenvalue weighted by molar-refractivity contribution is 5.87. The van der Waals surface area contributed by atoms with Crippen molar-refractivity contribution in [3.05, 3.63) is 12.3 Å². The molecule has 0 spiro atoms. The molecule has 0 unspecified atom stereocenters. The zero-order chi connectivity index (χ0) is 8.97. The second-order valence-electron chi connectivity index (χ2n) is 2.86. The van der Waals surface area contributed by atoms with Gasteiger partial charge in [-0.3, -0.25) is 0 Å². The SMILES string of the molecule is C=C(C(=O)OCC)N1CCCC1. The van der Waals surface area contributed by atoms with E-state index in [1.807, 2.05) is 4.90 Å². The van der Waals surface area contributed by atoms with E-state index in [9.17, 15) is 4.79 Å². The second-order valence-corrected chi connectivity index (χ2v) is 2.86. The van der Waals surface area contributed by atoms with E-state index in [2.05, 4.69) is 6.58 Å². The predicted molar refractivity (Wildman–Crippen MR) is 46.6 cm³/mol. The number of carbonyl (C=O) groups is 1. The van der Waals surface area contributed by atoms with Gasteiger partial charge in [0, 0.05) is 13.1 Å². The Bertz CT molecular complexity index is 183. The monoisotopic (exact) mass is 169 g/mol. The second kappa shape index (κ2) is 4.14.